The minimum atomic E-state index is 0.783. The maximum atomic E-state index is 4.98. The summed E-state index contributed by atoms with van der Waals surface area (Å²) in [6.45, 7) is 8.01. The van der Waals surface area contributed by atoms with Crippen molar-refractivity contribution >= 4 is 16.5 Å². The second kappa shape index (κ2) is 7.10. The van der Waals surface area contributed by atoms with Gasteiger partial charge < -0.3 is 10.2 Å². The molecule has 1 saturated heterocycles. The molecule has 118 valence electrons. The zero-order chi connectivity index (χ0) is 14.7. The van der Waals surface area contributed by atoms with Crippen molar-refractivity contribution in [3.05, 3.63) is 10.6 Å². The smallest absolute Gasteiger partial charge is 0.185 e. The number of thiazole rings is 1. The SMILES string of the molecule is CCCc1nc(N2CCC(CC)CC2)sc1CNC1CC1. The van der Waals surface area contributed by atoms with E-state index in [9.17, 15) is 0 Å². The topological polar surface area (TPSA) is 28.2 Å². The van der Waals surface area contributed by atoms with E-state index in [0.717, 1.165) is 24.9 Å². The lowest BCUT2D eigenvalue weighted by Gasteiger charge is -2.31. The second-order valence-corrected chi connectivity index (χ2v) is 7.67. The summed E-state index contributed by atoms with van der Waals surface area (Å²) in [5, 5.41) is 4.93. The number of piperidine rings is 1. The molecule has 1 aromatic heterocycles. The average Bonchev–Trinajstić information content (AvgIpc) is 3.27. The zero-order valence-electron chi connectivity index (χ0n) is 13.5. The molecule has 2 aliphatic rings. The number of hydrogen-bond acceptors (Lipinski definition) is 4. The fraction of sp³-hybridized carbons (Fsp3) is 0.824. The highest BCUT2D eigenvalue weighted by atomic mass is 32.1. The first-order valence-electron chi connectivity index (χ1n) is 8.77. The molecule has 0 spiro atoms. The van der Waals surface area contributed by atoms with Crippen molar-refractivity contribution in [2.45, 2.75) is 71.4 Å². The van der Waals surface area contributed by atoms with E-state index in [4.69, 9.17) is 4.98 Å². The number of aryl methyl sites for hydroxylation is 1. The minimum Gasteiger partial charge on any atom is -0.348 e. The molecular weight excluding hydrogens is 278 g/mol. The Labute approximate surface area is 133 Å². The molecule has 1 aliphatic heterocycles. The molecule has 0 atom stereocenters. The highest BCUT2D eigenvalue weighted by Crippen LogP contribution is 2.32. The Morgan fingerprint density at radius 2 is 1.95 bits per heavy atom. The Bertz CT molecular complexity index is 445. The summed E-state index contributed by atoms with van der Waals surface area (Å²) in [6, 6.07) is 0.783. The summed E-state index contributed by atoms with van der Waals surface area (Å²) >= 11 is 1.94. The summed E-state index contributed by atoms with van der Waals surface area (Å²) in [5.74, 6) is 0.937. The molecule has 0 radical (unpaired) electrons. The van der Waals surface area contributed by atoms with Crippen LogP contribution in [0.25, 0.3) is 0 Å². The van der Waals surface area contributed by atoms with Gasteiger partial charge in [0.25, 0.3) is 0 Å². The number of aromatic nitrogens is 1. The third kappa shape index (κ3) is 3.98. The van der Waals surface area contributed by atoms with Gasteiger partial charge in [0.1, 0.15) is 0 Å². The number of rotatable bonds is 7. The van der Waals surface area contributed by atoms with Crippen molar-refractivity contribution < 1.29 is 0 Å². The number of anilines is 1. The lowest BCUT2D eigenvalue weighted by molar-refractivity contribution is 0.395. The van der Waals surface area contributed by atoms with Crippen LogP contribution in [0.4, 0.5) is 5.13 Å². The molecule has 1 aliphatic carbocycles. The van der Waals surface area contributed by atoms with E-state index in [0.29, 0.717) is 0 Å². The maximum absolute atomic E-state index is 4.98. The molecule has 2 heterocycles. The van der Waals surface area contributed by atoms with Crippen LogP contribution >= 0.6 is 11.3 Å². The fourth-order valence-electron chi connectivity index (χ4n) is 3.13. The summed E-state index contributed by atoms with van der Waals surface area (Å²) in [5.41, 5.74) is 1.35. The van der Waals surface area contributed by atoms with Crippen molar-refractivity contribution in [3.8, 4) is 0 Å². The van der Waals surface area contributed by atoms with E-state index in [1.807, 2.05) is 11.3 Å². The van der Waals surface area contributed by atoms with E-state index < -0.39 is 0 Å². The normalized spacial score (nSPS) is 20.2. The third-order valence-corrected chi connectivity index (χ3v) is 6.00. The van der Waals surface area contributed by atoms with Crippen LogP contribution in [0.5, 0.6) is 0 Å². The minimum absolute atomic E-state index is 0.783. The first-order chi connectivity index (χ1) is 10.3. The molecule has 3 rings (SSSR count). The van der Waals surface area contributed by atoms with Crippen LogP contribution in [-0.2, 0) is 13.0 Å². The van der Waals surface area contributed by atoms with Gasteiger partial charge in [-0.05, 0) is 38.0 Å². The van der Waals surface area contributed by atoms with Crippen molar-refractivity contribution in [1.82, 2.24) is 10.3 Å². The number of nitrogens with one attached hydrogen (secondary N) is 1. The quantitative estimate of drug-likeness (QED) is 0.826. The van der Waals surface area contributed by atoms with Crippen LogP contribution in [0.3, 0.4) is 0 Å². The molecule has 21 heavy (non-hydrogen) atoms. The van der Waals surface area contributed by atoms with Crippen LogP contribution < -0.4 is 10.2 Å². The molecule has 3 nitrogen and oxygen atoms in total. The van der Waals surface area contributed by atoms with Crippen molar-refractivity contribution in [1.29, 1.82) is 0 Å². The monoisotopic (exact) mass is 307 g/mol. The Morgan fingerprint density at radius 1 is 1.19 bits per heavy atom. The molecule has 1 N–H and O–H groups in total. The first-order valence-corrected chi connectivity index (χ1v) is 9.58. The van der Waals surface area contributed by atoms with Gasteiger partial charge in [-0.2, -0.15) is 0 Å². The third-order valence-electron chi connectivity index (χ3n) is 4.84. The van der Waals surface area contributed by atoms with Gasteiger partial charge in [-0.15, -0.1) is 11.3 Å². The average molecular weight is 308 g/mol. The van der Waals surface area contributed by atoms with Crippen molar-refractivity contribution in [2.24, 2.45) is 5.92 Å². The van der Waals surface area contributed by atoms with Gasteiger partial charge in [0.15, 0.2) is 5.13 Å². The second-order valence-electron chi connectivity index (χ2n) is 6.61. The number of hydrogen-bond donors (Lipinski definition) is 1. The molecule has 0 amide bonds. The van der Waals surface area contributed by atoms with Crippen LogP contribution in [0, 0.1) is 5.92 Å². The van der Waals surface area contributed by atoms with Crippen LogP contribution in [0.2, 0.25) is 0 Å². The van der Waals surface area contributed by atoms with Gasteiger partial charge in [-0.25, -0.2) is 4.98 Å². The van der Waals surface area contributed by atoms with Crippen molar-refractivity contribution in [3.63, 3.8) is 0 Å². The van der Waals surface area contributed by atoms with Gasteiger partial charge in [-0.3, -0.25) is 0 Å². The first kappa shape index (κ1) is 15.3. The Kier molecular flexibility index (Phi) is 5.17. The van der Waals surface area contributed by atoms with Crippen molar-refractivity contribution in [2.75, 3.05) is 18.0 Å². The summed E-state index contributed by atoms with van der Waals surface area (Å²) in [4.78, 5) is 8.98. The van der Waals surface area contributed by atoms with Crippen LogP contribution in [-0.4, -0.2) is 24.1 Å². The maximum Gasteiger partial charge on any atom is 0.185 e. The largest absolute Gasteiger partial charge is 0.348 e. The summed E-state index contributed by atoms with van der Waals surface area (Å²) < 4.78 is 0. The molecule has 2 fully saturated rings. The molecule has 1 aromatic rings. The summed E-state index contributed by atoms with van der Waals surface area (Å²) in [6.07, 6.45) is 9.06. The number of nitrogens with zero attached hydrogens (tertiary/aromatic N) is 2. The standard InChI is InChI=1S/C17H29N3S/c1-3-5-15-16(12-18-14-6-7-14)21-17(19-15)20-10-8-13(4-2)9-11-20/h13-14,18H,3-12H2,1-2H3. The lowest BCUT2D eigenvalue weighted by Crippen LogP contribution is -2.33. The molecule has 0 aromatic carbocycles. The highest BCUT2D eigenvalue weighted by molar-refractivity contribution is 7.15. The Balaban J connectivity index is 1.65. The van der Waals surface area contributed by atoms with Gasteiger partial charge in [0.2, 0.25) is 0 Å². The Hall–Kier alpha value is -0.610. The van der Waals surface area contributed by atoms with Gasteiger partial charge in [-0.1, -0.05) is 26.7 Å². The molecule has 0 unspecified atom stereocenters. The predicted molar refractivity (Wildman–Crippen MR) is 91.2 cm³/mol. The Morgan fingerprint density at radius 3 is 2.57 bits per heavy atom. The van der Waals surface area contributed by atoms with Crippen LogP contribution in [0.15, 0.2) is 0 Å². The molecule has 4 heteroatoms. The summed E-state index contributed by atoms with van der Waals surface area (Å²) in [7, 11) is 0. The van der Waals surface area contributed by atoms with E-state index in [1.165, 1.54) is 67.3 Å². The lowest BCUT2D eigenvalue weighted by atomic mass is 9.95. The highest BCUT2D eigenvalue weighted by Gasteiger charge is 2.24. The van der Waals surface area contributed by atoms with Crippen LogP contribution in [0.1, 0.15) is 62.9 Å². The van der Waals surface area contributed by atoms with Gasteiger partial charge in [0.05, 0.1) is 5.69 Å². The van der Waals surface area contributed by atoms with E-state index in [2.05, 4.69) is 24.1 Å². The van der Waals surface area contributed by atoms with Gasteiger partial charge in [0, 0.05) is 30.6 Å². The van der Waals surface area contributed by atoms with E-state index >= 15 is 0 Å². The zero-order valence-corrected chi connectivity index (χ0v) is 14.3. The fourth-order valence-corrected chi connectivity index (χ4v) is 4.24. The predicted octanol–water partition coefficient (Wildman–Crippen LogP) is 3.97. The van der Waals surface area contributed by atoms with E-state index in [-0.39, 0.29) is 0 Å². The molecular formula is C17H29N3S. The van der Waals surface area contributed by atoms with E-state index in [1.54, 1.807) is 0 Å². The van der Waals surface area contributed by atoms with Gasteiger partial charge >= 0.3 is 0 Å². The molecule has 1 saturated carbocycles. The molecule has 0 bridgehead atoms.